The number of unbranched alkanes of at least 4 members (excludes halogenated alkanes) is 41. The molecule has 1 aliphatic rings. The van der Waals surface area contributed by atoms with Gasteiger partial charge in [0.15, 0.2) is 6.29 Å². The van der Waals surface area contributed by atoms with E-state index >= 15 is 0 Å². The van der Waals surface area contributed by atoms with Gasteiger partial charge < -0.3 is 45.1 Å². The molecule has 7 atom stereocenters. The van der Waals surface area contributed by atoms with Gasteiger partial charge in [0.1, 0.15) is 24.4 Å². The highest BCUT2D eigenvalue weighted by atomic mass is 16.7. The molecule has 0 aliphatic carbocycles. The molecular weight excluding hydrogens is 955 g/mol. The van der Waals surface area contributed by atoms with Crippen LogP contribution in [0, 0.1) is 0 Å². The number of esters is 1. The second kappa shape index (κ2) is 55.1. The molecular formula is C65H123NO10. The largest absolute Gasteiger partial charge is 0.466 e. The Bertz CT molecular complexity index is 1310. The van der Waals surface area contributed by atoms with Gasteiger partial charge in [0.2, 0.25) is 5.91 Å². The van der Waals surface area contributed by atoms with Crippen LogP contribution >= 0.6 is 0 Å². The molecule has 0 saturated carbocycles. The summed E-state index contributed by atoms with van der Waals surface area (Å²) in [6.45, 7) is 4.36. The molecule has 1 rings (SSSR count). The summed E-state index contributed by atoms with van der Waals surface area (Å²) >= 11 is 0. The molecule has 6 N–H and O–H groups in total. The van der Waals surface area contributed by atoms with Crippen LogP contribution < -0.4 is 5.32 Å². The van der Waals surface area contributed by atoms with E-state index in [9.17, 15) is 35.1 Å². The lowest BCUT2D eigenvalue weighted by molar-refractivity contribution is -0.302. The predicted molar refractivity (Wildman–Crippen MR) is 315 cm³/mol. The van der Waals surface area contributed by atoms with Crippen molar-refractivity contribution in [2.45, 2.75) is 358 Å². The van der Waals surface area contributed by atoms with E-state index in [0.717, 1.165) is 70.6 Å². The standard InChI is InChI=1S/C65H123NO10/c1-3-5-7-9-11-13-15-16-28-32-35-39-43-47-51-58(68)57(56-75-65-64(73)63(72)62(71)59(55-67)76-65)66-60(69)52-48-44-40-36-33-29-26-24-22-20-18-17-19-21-23-25-27-30-34-38-42-46-50-54-74-61(70)53-49-45-41-37-31-14-12-10-8-6-4-2/h20,22,47,51,57-59,62-65,67-68,71-73H,3-19,21,23-46,48-50,52-56H2,1-2H3,(H,66,69)/b22-20-,51-47+. The van der Waals surface area contributed by atoms with Crippen molar-refractivity contribution in [1.82, 2.24) is 5.32 Å². The number of hydrogen-bond donors (Lipinski definition) is 6. The quantitative estimate of drug-likeness (QED) is 0.0195. The summed E-state index contributed by atoms with van der Waals surface area (Å²) in [7, 11) is 0. The Labute approximate surface area is 467 Å². The molecule has 1 fully saturated rings. The smallest absolute Gasteiger partial charge is 0.305 e. The van der Waals surface area contributed by atoms with Crippen molar-refractivity contribution in [2.75, 3.05) is 19.8 Å². The minimum atomic E-state index is -1.57. The Balaban J connectivity index is 2.06. The maximum absolute atomic E-state index is 13.1. The number of rotatable bonds is 57. The van der Waals surface area contributed by atoms with E-state index in [2.05, 4.69) is 31.3 Å². The topological polar surface area (TPSA) is 175 Å². The molecule has 448 valence electrons. The van der Waals surface area contributed by atoms with Crippen LogP contribution in [0.5, 0.6) is 0 Å². The molecule has 0 spiro atoms. The summed E-state index contributed by atoms with van der Waals surface area (Å²) in [4.78, 5) is 25.1. The highest BCUT2D eigenvalue weighted by Gasteiger charge is 2.44. The molecule has 0 aromatic heterocycles. The highest BCUT2D eigenvalue weighted by molar-refractivity contribution is 5.76. The first-order valence-electron chi connectivity index (χ1n) is 32.6. The summed E-state index contributed by atoms with van der Waals surface area (Å²) in [5.74, 6) is -0.186. The van der Waals surface area contributed by atoms with Crippen molar-refractivity contribution >= 4 is 11.9 Å². The Morgan fingerprint density at radius 3 is 1.26 bits per heavy atom. The third-order valence-corrected chi connectivity index (χ3v) is 15.6. The maximum Gasteiger partial charge on any atom is 0.305 e. The molecule has 0 aromatic carbocycles. The SMILES string of the molecule is CCCCCCCCCCCCCC/C=C/C(O)C(COC1OC(CO)C(O)C(O)C1O)NC(=O)CCCCCCCCC/C=C\CCCCCCCCCCCCCCOC(=O)CCCCCCCCCCCCC. The fraction of sp³-hybridized carbons (Fsp3) is 0.908. The molecule has 11 nitrogen and oxygen atoms in total. The van der Waals surface area contributed by atoms with E-state index in [1.807, 2.05) is 6.08 Å². The number of ether oxygens (including phenoxy) is 3. The number of aliphatic hydroxyl groups is 5. The van der Waals surface area contributed by atoms with Crippen molar-refractivity contribution in [3.8, 4) is 0 Å². The molecule has 0 bridgehead atoms. The van der Waals surface area contributed by atoms with E-state index in [4.69, 9.17) is 14.2 Å². The number of carbonyl (C=O) groups is 2. The minimum Gasteiger partial charge on any atom is -0.466 e. The van der Waals surface area contributed by atoms with Crippen molar-refractivity contribution in [1.29, 1.82) is 0 Å². The van der Waals surface area contributed by atoms with Crippen LogP contribution in [-0.4, -0.2) is 100 Å². The van der Waals surface area contributed by atoms with Gasteiger partial charge in [-0.3, -0.25) is 9.59 Å². The summed E-state index contributed by atoms with van der Waals surface area (Å²) in [5, 5.41) is 54.5. The zero-order valence-corrected chi connectivity index (χ0v) is 49.5. The van der Waals surface area contributed by atoms with Crippen molar-refractivity contribution in [3.05, 3.63) is 24.3 Å². The lowest BCUT2D eigenvalue weighted by Crippen LogP contribution is -2.60. The molecule has 1 saturated heterocycles. The number of aliphatic hydroxyl groups excluding tert-OH is 5. The van der Waals surface area contributed by atoms with Gasteiger partial charge in [0.25, 0.3) is 0 Å². The number of hydrogen-bond acceptors (Lipinski definition) is 10. The molecule has 0 radical (unpaired) electrons. The second-order valence-electron chi connectivity index (χ2n) is 22.8. The van der Waals surface area contributed by atoms with Gasteiger partial charge >= 0.3 is 5.97 Å². The zero-order chi connectivity index (χ0) is 55.2. The van der Waals surface area contributed by atoms with Gasteiger partial charge in [0.05, 0.1) is 32.0 Å². The number of allylic oxidation sites excluding steroid dienone is 3. The molecule has 1 amide bonds. The number of nitrogens with one attached hydrogen (secondary N) is 1. The van der Waals surface area contributed by atoms with Gasteiger partial charge in [-0.25, -0.2) is 0 Å². The Morgan fingerprint density at radius 1 is 0.474 bits per heavy atom. The van der Waals surface area contributed by atoms with Gasteiger partial charge in [-0.1, -0.05) is 269 Å². The summed E-state index contributed by atoms with van der Waals surface area (Å²) in [5.41, 5.74) is 0. The molecule has 76 heavy (non-hydrogen) atoms. The van der Waals surface area contributed by atoms with Gasteiger partial charge in [-0.15, -0.1) is 0 Å². The van der Waals surface area contributed by atoms with Crippen LogP contribution in [0.25, 0.3) is 0 Å². The van der Waals surface area contributed by atoms with Gasteiger partial charge in [-0.05, 0) is 57.8 Å². The molecule has 1 aliphatic heterocycles. The first kappa shape index (κ1) is 72.2. The van der Waals surface area contributed by atoms with E-state index < -0.39 is 49.5 Å². The van der Waals surface area contributed by atoms with Crippen molar-refractivity contribution in [3.63, 3.8) is 0 Å². The zero-order valence-electron chi connectivity index (χ0n) is 49.5. The van der Waals surface area contributed by atoms with Crippen molar-refractivity contribution < 1.29 is 49.3 Å². The van der Waals surface area contributed by atoms with Crippen molar-refractivity contribution in [2.24, 2.45) is 0 Å². The van der Waals surface area contributed by atoms with Crippen LogP contribution in [0.2, 0.25) is 0 Å². The predicted octanol–water partition coefficient (Wildman–Crippen LogP) is 15.7. The first-order valence-corrected chi connectivity index (χ1v) is 32.6. The minimum absolute atomic E-state index is 0.000192. The van der Waals surface area contributed by atoms with E-state index in [-0.39, 0.29) is 18.5 Å². The summed E-state index contributed by atoms with van der Waals surface area (Å²) < 4.78 is 16.7. The van der Waals surface area contributed by atoms with E-state index in [0.29, 0.717) is 19.4 Å². The fourth-order valence-corrected chi connectivity index (χ4v) is 10.4. The van der Waals surface area contributed by atoms with Crippen LogP contribution in [0.4, 0.5) is 0 Å². The summed E-state index contributed by atoms with van der Waals surface area (Å²) in [6, 6.07) is -0.814. The molecule has 7 unspecified atom stereocenters. The highest BCUT2D eigenvalue weighted by Crippen LogP contribution is 2.23. The normalized spacial score (nSPS) is 18.8. The van der Waals surface area contributed by atoms with Gasteiger partial charge in [-0.2, -0.15) is 0 Å². The fourth-order valence-electron chi connectivity index (χ4n) is 10.4. The Kier molecular flexibility index (Phi) is 52.3. The monoisotopic (exact) mass is 1080 g/mol. The summed E-state index contributed by atoms with van der Waals surface area (Å²) in [6.07, 6.45) is 57.0. The lowest BCUT2D eigenvalue weighted by Gasteiger charge is -2.40. The average Bonchev–Trinajstić information content (AvgIpc) is 3.42. The van der Waals surface area contributed by atoms with Crippen LogP contribution in [0.1, 0.15) is 316 Å². The number of carbonyl (C=O) groups excluding carboxylic acids is 2. The Morgan fingerprint density at radius 2 is 0.842 bits per heavy atom. The van der Waals surface area contributed by atoms with Crippen LogP contribution in [-0.2, 0) is 23.8 Å². The van der Waals surface area contributed by atoms with E-state index in [1.54, 1.807) is 6.08 Å². The lowest BCUT2D eigenvalue weighted by atomic mass is 9.99. The number of amides is 1. The molecule has 11 heteroatoms. The van der Waals surface area contributed by atoms with Crippen LogP contribution in [0.15, 0.2) is 24.3 Å². The van der Waals surface area contributed by atoms with Crippen LogP contribution in [0.3, 0.4) is 0 Å². The molecule has 1 heterocycles. The molecule has 0 aromatic rings. The first-order chi connectivity index (χ1) is 37.2. The second-order valence-corrected chi connectivity index (χ2v) is 22.8. The average molecular weight is 1080 g/mol. The van der Waals surface area contributed by atoms with E-state index in [1.165, 1.54) is 218 Å². The Hall–Kier alpha value is -1.86. The maximum atomic E-state index is 13.1. The third kappa shape index (κ3) is 44.0. The van der Waals surface area contributed by atoms with Gasteiger partial charge in [0, 0.05) is 12.8 Å². The third-order valence-electron chi connectivity index (χ3n) is 15.6.